The van der Waals surface area contributed by atoms with Crippen molar-refractivity contribution in [2.75, 3.05) is 13.6 Å². The van der Waals surface area contributed by atoms with Gasteiger partial charge in [-0.05, 0) is 13.8 Å². The van der Waals surface area contributed by atoms with Gasteiger partial charge in [0.15, 0.2) is 0 Å². The second kappa shape index (κ2) is 6.58. The van der Waals surface area contributed by atoms with Gasteiger partial charge in [-0.3, -0.25) is 9.59 Å². The number of aliphatic imine (C=N–C) groups is 1. The molecule has 84 valence electrons. The Kier molecular flexibility index (Phi) is 5.77. The van der Waals surface area contributed by atoms with Crippen molar-refractivity contribution in [3.63, 3.8) is 0 Å². The number of nitrogens with two attached hydrogens (primary N) is 1. The minimum atomic E-state index is -0.429. The fourth-order valence-corrected chi connectivity index (χ4v) is 0.812. The summed E-state index contributed by atoms with van der Waals surface area (Å²) in [4.78, 5) is 26.2. The molecule has 0 heterocycles. The molecular weight excluding hydrogens is 196 g/mol. The van der Waals surface area contributed by atoms with Crippen molar-refractivity contribution in [1.82, 2.24) is 10.6 Å². The lowest BCUT2D eigenvalue weighted by Crippen LogP contribution is -2.30. The molecule has 0 aliphatic rings. The molecule has 4 N–H and O–H groups in total. The molecule has 0 aromatic heterocycles. The average Bonchev–Trinajstić information content (AvgIpc) is 2.24. The molecule has 0 aliphatic heterocycles. The lowest BCUT2D eigenvalue weighted by Gasteiger charge is -2.03. The molecule has 0 aromatic rings. The molecule has 0 bridgehead atoms. The number of rotatable bonds is 4. The minimum absolute atomic E-state index is 0.0150. The van der Waals surface area contributed by atoms with Crippen LogP contribution >= 0.6 is 0 Å². The van der Waals surface area contributed by atoms with Gasteiger partial charge in [0.2, 0.25) is 0 Å². The molecule has 2 amide bonds. The zero-order chi connectivity index (χ0) is 11.8. The van der Waals surface area contributed by atoms with E-state index in [-0.39, 0.29) is 17.3 Å². The fourth-order valence-electron chi connectivity index (χ4n) is 0.812. The van der Waals surface area contributed by atoms with E-state index in [1.165, 1.54) is 14.0 Å². The Labute approximate surface area is 88.6 Å². The highest BCUT2D eigenvalue weighted by Gasteiger charge is 2.09. The molecule has 0 radical (unpaired) electrons. The van der Waals surface area contributed by atoms with Crippen molar-refractivity contribution in [2.24, 2.45) is 10.7 Å². The third-order valence-corrected chi connectivity index (χ3v) is 1.57. The van der Waals surface area contributed by atoms with Crippen molar-refractivity contribution in [1.29, 1.82) is 0 Å². The highest BCUT2D eigenvalue weighted by molar-refractivity contribution is 6.38. The maximum Gasteiger partial charge on any atom is 0.271 e. The first kappa shape index (κ1) is 13.2. The van der Waals surface area contributed by atoms with Crippen LogP contribution in [0.3, 0.4) is 0 Å². The number of amides is 2. The first-order valence-corrected chi connectivity index (χ1v) is 4.54. The number of carbonyl (C=O) groups is 2. The standard InChI is InChI=1S/C9H16N4O2/c1-4-12-8(14)6(2)13-7(5-10)9(15)11-3/h5H,4,10H2,1-3H3,(H,11,15)(H,12,14)/b7-5+,13-6?. The van der Waals surface area contributed by atoms with Crippen LogP contribution in [0.2, 0.25) is 0 Å². The minimum Gasteiger partial charge on any atom is -0.403 e. The Hall–Kier alpha value is -1.85. The second-order valence-corrected chi connectivity index (χ2v) is 2.69. The summed E-state index contributed by atoms with van der Waals surface area (Å²) in [5.41, 5.74) is 5.42. The van der Waals surface area contributed by atoms with E-state index in [0.29, 0.717) is 6.54 Å². The van der Waals surface area contributed by atoms with Crippen LogP contribution in [0.1, 0.15) is 13.8 Å². The highest BCUT2D eigenvalue weighted by Crippen LogP contribution is 1.95. The van der Waals surface area contributed by atoms with Crippen LogP contribution < -0.4 is 16.4 Å². The molecule has 0 rings (SSSR count). The maximum atomic E-state index is 11.3. The van der Waals surface area contributed by atoms with Gasteiger partial charge in [-0.15, -0.1) is 0 Å². The van der Waals surface area contributed by atoms with E-state index >= 15 is 0 Å². The predicted octanol–water partition coefficient (Wildman–Crippen LogP) is -0.870. The molecule has 0 saturated carbocycles. The average molecular weight is 212 g/mol. The number of nitrogens with one attached hydrogen (secondary N) is 2. The third kappa shape index (κ3) is 4.26. The SMILES string of the molecule is CCNC(=O)C(C)=N/C(=C/N)C(=O)NC. The molecule has 6 nitrogen and oxygen atoms in total. The summed E-state index contributed by atoms with van der Waals surface area (Å²) in [7, 11) is 1.46. The molecule has 0 spiro atoms. The Morgan fingerprint density at radius 2 is 2.00 bits per heavy atom. The monoisotopic (exact) mass is 212 g/mol. The van der Waals surface area contributed by atoms with Crippen LogP contribution in [0.5, 0.6) is 0 Å². The van der Waals surface area contributed by atoms with Crippen molar-refractivity contribution in [2.45, 2.75) is 13.8 Å². The summed E-state index contributed by atoms with van der Waals surface area (Å²) in [5.74, 6) is -0.748. The molecular formula is C9H16N4O2. The Morgan fingerprint density at radius 3 is 2.40 bits per heavy atom. The van der Waals surface area contributed by atoms with Crippen LogP contribution in [0.4, 0.5) is 0 Å². The number of likely N-dealkylation sites (N-methyl/N-ethyl adjacent to an activating group) is 1. The molecule has 0 saturated heterocycles. The normalized spacial score (nSPS) is 12.2. The van der Waals surface area contributed by atoms with Gasteiger partial charge in [-0.2, -0.15) is 0 Å². The number of hydrogen-bond donors (Lipinski definition) is 3. The topological polar surface area (TPSA) is 96.6 Å². The van der Waals surface area contributed by atoms with Gasteiger partial charge in [0, 0.05) is 19.8 Å². The van der Waals surface area contributed by atoms with Crippen LogP contribution in [0.25, 0.3) is 0 Å². The van der Waals surface area contributed by atoms with Crippen molar-refractivity contribution >= 4 is 17.5 Å². The Bertz CT molecular complexity index is 307. The van der Waals surface area contributed by atoms with Gasteiger partial charge in [0.1, 0.15) is 11.4 Å². The van der Waals surface area contributed by atoms with E-state index in [2.05, 4.69) is 15.6 Å². The summed E-state index contributed by atoms with van der Waals surface area (Å²) >= 11 is 0. The quantitative estimate of drug-likeness (QED) is 0.417. The van der Waals surface area contributed by atoms with E-state index in [1.807, 2.05) is 0 Å². The van der Waals surface area contributed by atoms with Gasteiger partial charge in [-0.25, -0.2) is 4.99 Å². The number of nitrogens with zero attached hydrogens (tertiary/aromatic N) is 1. The lowest BCUT2D eigenvalue weighted by molar-refractivity contribution is -0.117. The van der Waals surface area contributed by atoms with Crippen LogP contribution in [-0.2, 0) is 9.59 Å². The van der Waals surface area contributed by atoms with Gasteiger partial charge < -0.3 is 16.4 Å². The Morgan fingerprint density at radius 1 is 1.40 bits per heavy atom. The number of carbonyl (C=O) groups excluding carboxylic acids is 2. The molecule has 0 aliphatic carbocycles. The fraction of sp³-hybridized carbons (Fsp3) is 0.444. The summed E-state index contributed by atoms with van der Waals surface area (Å²) in [6, 6.07) is 0. The summed E-state index contributed by atoms with van der Waals surface area (Å²) in [5, 5.41) is 4.93. The summed E-state index contributed by atoms with van der Waals surface area (Å²) < 4.78 is 0. The van der Waals surface area contributed by atoms with Crippen molar-refractivity contribution in [3.05, 3.63) is 11.9 Å². The zero-order valence-electron chi connectivity index (χ0n) is 9.13. The largest absolute Gasteiger partial charge is 0.403 e. The molecule has 0 unspecified atom stereocenters. The van der Waals surface area contributed by atoms with E-state index in [9.17, 15) is 9.59 Å². The van der Waals surface area contributed by atoms with Gasteiger partial charge >= 0.3 is 0 Å². The zero-order valence-corrected chi connectivity index (χ0v) is 9.13. The molecule has 0 aromatic carbocycles. The smallest absolute Gasteiger partial charge is 0.271 e. The number of hydrogen-bond acceptors (Lipinski definition) is 4. The predicted molar refractivity (Wildman–Crippen MR) is 58.1 cm³/mol. The first-order chi connectivity index (χ1) is 7.06. The van der Waals surface area contributed by atoms with Crippen LogP contribution in [-0.4, -0.2) is 31.1 Å². The maximum absolute atomic E-state index is 11.3. The van der Waals surface area contributed by atoms with Crippen LogP contribution in [0, 0.1) is 0 Å². The molecule has 0 fully saturated rings. The Balaban J connectivity index is 4.71. The second-order valence-electron chi connectivity index (χ2n) is 2.69. The molecule has 6 heteroatoms. The summed E-state index contributed by atoms with van der Waals surface area (Å²) in [6.45, 7) is 3.81. The van der Waals surface area contributed by atoms with Gasteiger partial charge in [-0.1, -0.05) is 0 Å². The molecule has 0 atom stereocenters. The van der Waals surface area contributed by atoms with E-state index in [4.69, 9.17) is 5.73 Å². The molecule has 15 heavy (non-hydrogen) atoms. The first-order valence-electron chi connectivity index (χ1n) is 4.54. The highest BCUT2D eigenvalue weighted by atomic mass is 16.2. The van der Waals surface area contributed by atoms with Gasteiger partial charge in [0.05, 0.1) is 0 Å². The van der Waals surface area contributed by atoms with Crippen molar-refractivity contribution < 1.29 is 9.59 Å². The third-order valence-electron chi connectivity index (χ3n) is 1.57. The lowest BCUT2D eigenvalue weighted by atomic mass is 10.3. The van der Waals surface area contributed by atoms with Gasteiger partial charge in [0.25, 0.3) is 11.8 Å². The van der Waals surface area contributed by atoms with E-state index < -0.39 is 5.91 Å². The van der Waals surface area contributed by atoms with E-state index in [0.717, 1.165) is 6.20 Å². The van der Waals surface area contributed by atoms with E-state index in [1.54, 1.807) is 6.92 Å². The van der Waals surface area contributed by atoms with Crippen molar-refractivity contribution in [3.8, 4) is 0 Å². The van der Waals surface area contributed by atoms with Crippen LogP contribution in [0.15, 0.2) is 16.9 Å². The summed E-state index contributed by atoms with van der Waals surface area (Å²) in [6.07, 6.45) is 1.06.